The summed E-state index contributed by atoms with van der Waals surface area (Å²) in [6, 6.07) is 8.33. The summed E-state index contributed by atoms with van der Waals surface area (Å²) >= 11 is 8.82. The Morgan fingerprint density at radius 2 is 1.95 bits per heavy atom. The standard InChI is InChI=1S/C15H13Br2N2S.HI/c1-2-5-19-8-10(6-12(17)9-19)15-18-13-4-3-11(16)7-14(13)20-15;/h3-4,6-9H,2,5H2,1H3;1H/q+1;/p-1. The first-order valence-corrected chi connectivity index (χ1v) is 8.82. The van der Waals surface area contributed by atoms with E-state index in [1.165, 1.54) is 4.70 Å². The Morgan fingerprint density at radius 1 is 1.14 bits per heavy atom. The molecule has 6 heteroatoms. The molecule has 0 saturated heterocycles. The molecule has 0 N–H and O–H groups in total. The Bertz CT molecular complexity index is 773. The highest BCUT2D eigenvalue weighted by molar-refractivity contribution is 9.10. The number of nitrogens with zero attached hydrogens (tertiary/aromatic N) is 2. The van der Waals surface area contributed by atoms with Crippen LogP contribution in [0, 0.1) is 0 Å². The number of benzene rings is 1. The molecular weight excluding hydrogens is 527 g/mol. The van der Waals surface area contributed by atoms with Crippen LogP contribution >= 0.6 is 43.2 Å². The van der Waals surface area contributed by atoms with Gasteiger partial charge < -0.3 is 24.0 Å². The highest BCUT2D eigenvalue weighted by atomic mass is 127. The van der Waals surface area contributed by atoms with Crippen molar-refractivity contribution < 1.29 is 28.5 Å². The van der Waals surface area contributed by atoms with E-state index in [1.54, 1.807) is 11.3 Å². The van der Waals surface area contributed by atoms with Gasteiger partial charge in [0.15, 0.2) is 12.4 Å². The minimum absolute atomic E-state index is 0. The van der Waals surface area contributed by atoms with Gasteiger partial charge in [0.1, 0.15) is 11.6 Å². The molecule has 0 aliphatic heterocycles. The lowest BCUT2D eigenvalue weighted by Crippen LogP contribution is -3.00. The second-order valence-electron chi connectivity index (χ2n) is 4.61. The molecule has 110 valence electrons. The molecule has 0 spiro atoms. The van der Waals surface area contributed by atoms with Crippen LogP contribution < -0.4 is 28.5 Å². The van der Waals surface area contributed by atoms with Crippen molar-refractivity contribution in [1.82, 2.24) is 4.98 Å². The summed E-state index contributed by atoms with van der Waals surface area (Å²) < 4.78 is 5.59. The molecule has 1 aromatic carbocycles. The van der Waals surface area contributed by atoms with Crippen LogP contribution in [0.1, 0.15) is 13.3 Å². The SMILES string of the molecule is CCC[n+]1cc(Br)cc(-c2nc3ccc(Br)cc3s2)c1.[I-]. The zero-order chi connectivity index (χ0) is 14.1. The molecule has 2 nitrogen and oxygen atoms in total. The van der Waals surface area contributed by atoms with Crippen molar-refractivity contribution in [1.29, 1.82) is 0 Å². The summed E-state index contributed by atoms with van der Waals surface area (Å²) in [4.78, 5) is 4.73. The lowest BCUT2D eigenvalue weighted by molar-refractivity contribution is -0.697. The number of hydrogen-bond acceptors (Lipinski definition) is 2. The molecule has 0 aliphatic carbocycles. The van der Waals surface area contributed by atoms with Gasteiger partial charge in [0.2, 0.25) is 0 Å². The molecule has 0 saturated carbocycles. The Labute approximate surface area is 161 Å². The van der Waals surface area contributed by atoms with E-state index in [0.717, 1.165) is 38.0 Å². The number of hydrogen-bond donors (Lipinski definition) is 0. The molecule has 0 aliphatic rings. The van der Waals surface area contributed by atoms with E-state index in [4.69, 9.17) is 4.98 Å². The predicted molar refractivity (Wildman–Crippen MR) is 90.9 cm³/mol. The van der Waals surface area contributed by atoms with Crippen LogP contribution in [-0.4, -0.2) is 4.98 Å². The van der Waals surface area contributed by atoms with Crippen molar-refractivity contribution in [3.8, 4) is 10.6 Å². The largest absolute Gasteiger partial charge is 1.00 e. The van der Waals surface area contributed by atoms with Crippen molar-refractivity contribution in [2.24, 2.45) is 0 Å². The van der Waals surface area contributed by atoms with Gasteiger partial charge in [-0.25, -0.2) is 9.55 Å². The molecule has 2 aromatic heterocycles. The van der Waals surface area contributed by atoms with Crippen molar-refractivity contribution in [2.75, 3.05) is 0 Å². The number of aryl methyl sites for hydroxylation is 1. The lowest BCUT2D eigenvalue weighted by atomic mass is 10.3. The number of aromatic nitrogens is 2. The van der Waals surface area contributed by atoms with Crippen LogP contribution in [0.3, 0.4) is 0 Å². The van der Waals surface area contributed by atoms with Gasteiger partial charge in [0.25, 0.3) is 0 Å². The summed E-state index contributed by atoms with van der Waals surface area (Å²) in [5.74, 6) is 0. The van der Waals surface area contributed by atoms with E-state index in [9.17, 15) is 0 Å². The second-order valence-corrected chi connectivity index (χ2v) is 7.47. The fourth-order valence-corrected chi connectivity index (χ4v) is 4.13. The minimum Gasteiger partial charge on any atom is -1.00 e. The maximum absolute atomic E-state index is 4.73. The van der Waals surface area contributed by atoms with Gasteiger partial charge >= 0.3 is 0 Å². The average molecular weight is 540 g/mol. The molecule has 0 fully saturated rings. The highest BCUT2D eigenvalue weighted by Gasteiger charge is 2.12. The molecule has 0 bridgehead atoms. The Morgan fingerprint density at radius 3 is 2.71 bits per heavy atom. The quantitative estimate of drug-likeness (QED) is 0.368. The van der Waals surface area contributed by atoms with E-state index in [0.29, 0.717) is 0 Å². The molecule has 21 heavy (non-hydrogen) atoms. The summed E-state index contributed by atoms with van der Waals surface area (Å²) in [7, 11) is 0. The van der Waals surface area contributed by atoms with Crippen LogP contribution in [0.2, 0.25) is 0 Å². The fourth-order valence-electron chi connectivity index (χ4n) is 2.12. The van der Waals surface area contributed by atoms with Gasteiger partial charge in [-0.3, -0.25) is 0 Å². The van der Waals surface area contributed by atoms with E-state index in [2.05, 4.69) is 73.9 Å². The predicted octanol–water partition coefficient (Wildman–Crippen LogP) is 2.19. The van der Waals surface area contributed by atoms with E-state index in [1.807, 2.05) is 6.07 Å². The zero-order valence-electron chi connectivity index (χ0n) is 11.3. The fraction of sp³-hybridized carbons (Fsp3) is 0.200. The monoisotopic (exact) mass is 538 g/mol. The zero-order valence-corrected chi connectivity index (χ0v) is 17.5. The molecule has 2 heterocycles. The maximum atomic E-state index is 4.73. The minimum atomic E-state index is 0. The topological polar surface area (TPSA) is 16.8 Å². The Kier molecular flexibility index (Phi) is 6.16. The van der Waals surface area contributed by atoms with Gasteiger partial charge in [0, 0.05) is 10.9 Å². The number of halogens is 3. The lowest BCUT2D eigenvalue weighted by Gasteiger charge is -1.98. The van der Waals surface area contributed by atoms with Crippen molar-refractivity contribution in [3.63, 3.8) is 0 Å². The van der Waals surface area contributed by atoms with Crippen molar-refractivity contribution >= 4 is 53.4 Å². The molecule has 3 aromatic rings. The highest BCUT2D eigenvalue weighted by Crippen LogP contribution is 2.32. The summed E-state index contributed by atoms with van der Waals surface area (Å²) in [6.07, 6.45) is 5.39. The summed E-state index contributed by atoms with van der Waals surface area (Å²) in [5, 5.41) is 1.06. The van der Waals surface area contributed by atoms with E-state index >= 15 is 0 Å². The van der Waals surface area contributed by atoms with Crippen LogP contribution in [0.25, 0.3) is 20.8 Å². The van der Waals surface area contributed by atoms with E-state index < -0.39 is 0 Å². The number of pyridine rings is 1. The Balaban J connectivity index is 0.00000161. The molecule has 3 rings (SSSR count). The third-order valence-electron chi connectivity index (χ3n) is 2.97. The maximum Gasteiger partial charge on any atom is 0.183 e. The van der Waals surface area contributed by atoms with Gasteiger partial charge in [-0.15, -0.1) is 11.3 Å². The molecule has 0 amide bonds. The second kappa shape index (κ2) is 7.48. The smallest absolute Gasteiger partial charge is 0.183 e. The molecule has 0 unspecified atom stereocenters. The normalized spacial score (nSPS) is 10.6. The van der Waals surface area contributed by atoms with Crippen LogP contribution in [-0.2, 0) is 6.54 Å². The molecule has 0 radical (unpaired) electrons. The average Bonchev–Trinajstić information content (AvgIpc) is 2.81. The van der Waals surface area contributed by atoms with Crippen LogP contribution in [0.4, 0.5) is 0 Å². The van der Waals surface area contributed by atoms with Crippen molar-refractivity contribution in [3.05, 3.63) is 45.6 Å². The van der Waals surface area contributed by atoms with Crippen LogP contribution in [0.15, 0.2) is 45.6 Å². The summed E-state index contributed by atoms with van der Waals surface area (Å²) in [5.41, 5.74) is 2.21. The first-order valence-electron chi connectivity index (χ1n) is 6.42. The third kappa shape index (κ3) is 4.03. The summed E-state index contributed by atoms with van der Waals surface area (Å²) in [6.45, 7) is 3.20. The number of fused-ring (bicyclic) bond motifs is 1. The van der Waals surface area contributed by atoms with Gasteiger partial charge in [-0.05, 0) is 40.2 Å². The van der Waals surface area contributed by atoms with Gasteiger partial charge in [-0.2, -0.15) is 0 Å². The van der Waals surface area contributed by atoms with Gasteiger partial charge in [-0.1, -0.05) is 22.9 Å². The van der Waals surface area contributed by atoms with Gasteiger partial charge in [0.05, 0.1) is 20.3 Å². The first kappa shape index (κ1) is 17.3. The molecular formula is C15H13Br2IN2S. The number of thiazole rings is 1. The third-order valence-corrected chi connectivity index (χ3v) is 4.96. The van der Waals surface area contributed by atoms with E-state index in [-0.39, 0.29) is 24.0 Å². The van der Waals surface area contributed by atoms with Crippen molar-refractivity contribution in [2.45, 2.75) is 19.9 Å². The van der Waals surface area contributed by atoms with Crippen LogP contribution in [0.5, 0.6) is 0 Å². The number of rotatable bonds is 3. The first-order chi connectivity index (χ1) is 9.65. The molecule has 0 atom stereocenters. The Hall–Kier alpha value is -0.0500.